The first-order chi connectivity index (χ1) is 7.65. The number of nitrogens with one attached hydrogen (secondary N) is 1. The first-order valence-corrected chi connectivity index (χ1v) is 6.81. The lowest BCUT2D eigenvalue weighted by molar-refractivity contribution is 1.41. The Morgan fingerprint density at radius 2 is 1.75 bits per heavy atom. The Morgan fingerprint density at radius 3 is 2.38 bits per heavy atom. The lowest BCUT2D eigenvalue weighted by atomic mass is 10.2. The van der Waals surface area contributed by atoms with Crippen LogP contribution >= 0.6 is 38.5 Å². The molecule has 2 aromatic carbocycles. The maximum atomic E-state index is 3.43. The van der Waals surface area contributed by atoms with Gasteiger partial charge in [0.1, 0.15) is 0 Å². The summed E-state index contributed by atoms with van der Waals surface area (Å²) in [7, 11) is 0. The molecule has 3 heteroatoms. The van der Waals surface area contributed by atoms with E-state index < -0.39 is 0 Å². The maximum absolute atomic E-state index is 3.43. The van der Waals surface area contributed by atoms with E-state index in [9.17, 15) is 0 Å². The van der Waals surface area contributed by atoms with Crippen LogP contribution in [0.2, 0.25) is 0 Å². The van der Waals surface area contributed by atoms with E-state index in [1.165, 1.54) is 9.13 Å². The molecule has 1 N–H and O–H groups in total. The minimum Gasteiger partial charge on any atom is -0.355 e. The Bertz CT molecular complexity index is 494. The van der Waals surface area contributed by atoms with Crippen molar-refractivity contribution in [3.8, 4) is 0 Å². The maximum Gasteiger partial charge on any atom is 0.0414 e. The molecule has 16 heavy (non-hydrogen) atoms. The molecule has 2 aromatic rings. The number of benzene rings is 2. The number of rotatable bonds is 2. The monoisotopic (exact) mass is 387 g/mol. The molecule has 0 fully saturated rings. The zero-order valence-corrected chi connectivity index (χ0v) is 12.5. The summed E-state index contributed by atoms with van der Waals surface area (Å²) in [6.45, 7) is 2.11. The van der Waals surface area contributed by atoms with Crippen molar-refractivity contribution in [2.75, 3.05) is 5.32 Å². The molecule has 0 spiro atoms. The van der Waals surface area contributed by atoms with Crippen molar-refractivity contribution in [1.29, 1.82) is 0 Å². The first-order valence-electron chi connectivity index (χ1n) is 4.94. The highest BCUT2D eigenvalue weighted by Gasteiger charge is 1.99. The standard InChI is InChI=1S/C13H11BrIN/c1-9-8-11(15)4-7-13(9)16-12-5-2-10(14)3-6-12/h2-8,16H,1H3. The number of aryl methyl sites for hydroxylation is 1. The third-order valence-corrected chi connectivity index (χ3v) is 3.51. The molecular formula is C13H11BrIN. The Labute approximate surface area is 118 Å². The average Bonchev–Trinajstić information content (AvgIpc) is 2.25. The Kier molecular flexibility index (Phi) is 3.86. The van der Waals surface area contributed by atoms with E-state index in [4.69, 9.17) is 0 Å². The number of hydrogen-bond donors (Lipinski definition) is 1. The van der Waals surface area contributed by atoms with Gasteiger partial charge >= 0.3 is 0 Å². The molecule has 0 aromatic heterocycles. The summed E-state index contributed by atoms with van der Waals surface area (Å²) in [6.07, 6.45) is 0. The van der Waals surface area contributed by atoms with Gasteiger partial charge in [0.25, 0.3) is 0 Å². The van der Waals surface area contributed by atoms with Gasteiger partial charge < -0.3 is 5.32 Å². The van der Waals surface area contributed by atoms with Gasteiger partial charge in [-0.05, 0) is 77.5 Å². The lowest BCUT2D eigenvalue weighted by Gasteiger charge is -2.09. The molecule has 2 rings (SSSR count). The van der Waals surface area contributed by atoms with Crippen LogP contribution in [-0.2, 0) is 0 Å². The quantitative estimate of drug-likeness (QED) is 0.706. The van der Waals surface area contributed by atoms with Gasteiger partial charge in [-0.15, -0.1) is 0 Å². The molecule has 0 saturated carbocycles. The number of hydrogen-bond acceptors (Lipinski definition) is 1. The molecule has 0 heterocycles. The highest BCUT2D eigenvalue weighted by atomic mass is 127. The summed E-state index contributed by atoms with van der Waals surface area (Å²) >= 11 is 5.75. The molecule has 0 saturated heterocycles. The molecule has 0 aliphatic rings. The topological polar surface area (TPSA) is 12.0 Å². The van der Waals surface area contributed by atoms with E-state index >= 15 is 0 Å². The second-order valence-corrected chi connectivity index (χ2v) is 5.75. The van der Waals surface area contributed by atoms with Gasteiger partial charge in [0.15, 0.2) is 0 Å². The fourth-order valence-electron chi connectivity index (χ4n) is 1.46. The molecule has 0 amide bonds. The summed E-state index contributed by atoms with van der Waals surface area (Å²) in [4.78, 5) is 0. The number of anilines is 2. The van der Waals surface area contributed by atoms with Crippen molar-refractivity contribution in [3.63, 3.8) is 0 Å². The van der Waals surface area contributed by atoms with Gasteiger partial charge in [-0.25, -0.2) is 0 Å². The summed E-state index contributed by atoms with van der Waals surface area (Å²) in [5, 5.41) is 3.40. The summed E-state index contributed by atoms with van der Waals surface area (Å²) in [6, 6.07) is 14.6. The summed E-state index contributed by atoms with van der Waals surface area (Å²) in [5.41, 5.74) is 3.52. The fraction of sp³-hybridized carbons (Fsp3) is 0.0769. The van der Waals surface area contributed by atoms with Crippen molar-refractivity contribution < 1.29 is 0 Å². The van der Waals surface area contributed by atoms with Crippen LogP contribution in [0.1, 0.15) is 5.56 Å². The second-order valence-electron chi connectivity index (χ2n) is 3.59. The van der Waals surface area contributed by atoms with Gasteiger partial charge in [-0.3, -0.25) is 0 Å². The van der Waals surface area contributed by atoms with E-state index in [0.717, 1.165) is 15.8 Å². The third kappa shape index (κ3) is 2.98. The van der Waals surface area contributed by atoms with Crippen molar-refractivity contribution in [1.82, 2.24) is 0 Å². The van der Waals surface area contributed by atoms with Crippen LogP contribution in [0.25, 0.3) is 0 Å². The lowest BCUT2D eigenvalue weighted by Crippen LogP contribution is -1.93. The summed E-state index contributed by atoms with van der Waals surface area (Å²) in [5.74, 6) is 0. The largest absolute Gasteiger partial charge is 0.355 e. The van der Waals surface area contributed by atoms with Crippen molar-refractivity contribution >= 4 is 49.9 Å². The molecule has 0 unspecified atom stereocenters. The van der Waals surface area contributed by atoms with Crippen molar-refractivity contribution in [2.24, 2.45) is 0 Å². The van der Waals surface area contributed by atoms with Gasteiger partial charge in [-0.2, -0.15) is 0 Å². The van der Waals surface area contributed by atoms with Gasteiger partial charge in [-0.1, -0.05) is 15.9 Å². The van der Waals surface area contributed by atoms with Gasteiger partial charge in [0.2, 0.25) is 0 Å². The Morgan fingerprint density at radius 1 is 1.06 bits per heavy atom. The van der Waals surface area contributed by atoms with E-state index in [1.54, 1.807) is 0 Å². The van der Waals surface area contributed by atoms with Gasteiger partial charge in [0.05, 0.1) is 0 Å². The van der Waals surface area contributed by atoms with E-state index in [0.29, 0.717) is 0 Å². The zero-order chi connectivity index (χ0) is 11.5. The van der Waals surface area contributed by atoms with Gasteiger partial charge in [0, 0.05) is 19.4 Å². The van der Waals surface area contributed by atoms with Crippen LogP contribution < -0.4 is 5.32 Å². The van der Waals surface area contributed by atoms with Crippen LogP contribution in [0, 0.1) is 10.5 Å². The fourth-order valence-corrected chi connectivity index (χ4v) is 2.37. The Balaban J connectivity index is 2.23. The van der Waals surface area contributed by atoms with Crippen molar-refractivity contribution in [3.05, 3.63) is 56.1 Å². The van der Waals surface area contributed by atoms with Crippen molar-refractivity contribution in [2.45, 2.75) is 6.92 Å². The van der Waals surface area contributed by atoms with E-state index in [1.807, 2.05) is 12.1 Å². The minimum absolute atomic E-state index is 1.09. The molecule has 0 bridgehead atoms. The normalized spacial score (nSPS) is 10.2. The predicted octanol–water partition coefficient (Wildman–Crippen LogP) is 5.11. The molecule has 0 radical (unpaired) electrons. The first kappa shape index (κ1) is 11.9. The SMILES string of the molecule is Cc1cc(I)ccc1Nc1ccc(Br)cc1. The average molecular weight is 388 g/mol. The molecule has 0 aliphatic carbocycles. The number of halogens is 2. The zero-order valence-electron chi connectivity index (χ0n) is 8.80. The summed E-state index contributed by atoms with van der Waals surface area (Å²) < 4.78 is 2.36. The van der Waals surface area contributed by atoms with Crippen LogP contribution in [0.15, 0.2) is 46.9 Å². The molecule has 1 nitrogen and oxygen atoms in total. The predicted molar refractivity (Wildman–Crippen MR) is 81.3 cm³/mol. The Hall–Kier alpha value is -0.550. The minimum atomic E-state index is 1.09. The third-order valence-electron chi connectivity index (χ3n) is 2.31. The molecule has 82 valence electrons. The smallest absolute Gasteiger partial charge is 0.0414 e. The van der Waals surface area contributed by atoms with E-state index in [2.05, 4.69) is 81.1 Å². The molecule has 0 aliphatic heterocycles. The second kappa shape index (κ2) is 5.19. The van der Waals surface area contributed by atoms with Crippen LogP contribution in [0.3, 0.4) is 0 Å². The molecular weight excluding hydrogens is 377 g/mol. The highest BCUT2D eigenvalue weighted by Crippen LogP contribution is 2.23. The highest BCUT2D eigenvalue weighted by molar-refractivity contribution is 14.1. The van der Waals surface area contributed by atoms with Crippen LogP contribution in [-0.4, -0.2) is 0 Å². The molecule has 0 atom stereocenters. The van der Waals surface area contributed by atoms with Crippen LogP contribution in [0.5, 0.6) is 0 Å². The van der Waals surface area contributed by atoms with E-state index in [-0.39, 0.29) is 0 Å². The van der Waals surface area contributed by atoms with Crippen LogP contribution in [0.4, 0.5) is 11.4 Å².